The lowest BCUT2D eigenvalue weighted by Crippen LogP contribution is -2.40. The molecule has 2 N–H and O–H groups in total. The van der Waals surface area contributed by atoms with Gasteiger partial charge in [-0.1, -0.05) is 12.1 Å². The van der Waals surface area contributed by atoms with E-state index in [-0.39, 0.29) is 18.5 Å². The average molecular weight is 294 g/mol. The number of rotatable bonds is 5. The van der Waals surface area contributed by atoms with Crippen LogP contribution in [0, 0.1) is 0 Å². The van der Waals surface area contributed by atoms with E-state index in [4.69, 9.17) is 5.11 Å². The first-order valence-corrected chi connectivity index (χ1v) is 7.39. The van der Waals surface area contributed by atoms with Gasteiger partial charge in [-0.3, -0.25) is 9.69 Å². The van der Waals surface area contributed by atoms with Gasteiger partial charge in [0, 0.05) is 17.2 Å². The fourth-order valence-corrected chi connectivity index (χ4v) is 2.80. The number of imide groups is 1. The summed E-state index contributed by atoms with van der Waals surface area (Å²) in [6.45, 7) is 3.82. The summed E-state index contributed by atoms with van der Waals surface area (Å²) in [4.78, 5) is 26.0. The molecular formula is C14H18N2O3S. The maximum atomic E-state index is 12.0. The number of carbonyl (C=O) groups is 2. The Morgan fingerprint density at radius 2 is 1.90 bits per heavy atom. The van der Waals surface area contributed by atoms with Gasteiger partial charge in [0.2, 0.25) is 0 Å². The van der Waals surface area contributed by atoms with Gasteiger partial charge in [0.1, 0.15) is 5.54 Å². The van der Waals surface area contributed by atoms with Gasteiger partial charge in [0.25, 0.3) is 5.91 Å². The van der Waals surface area contributed by atoms with Gasteiger partial charge in [-0.05, 0) is 31.5 Å². The van der Waals surface area contributed by atoms with Crippen molar-refractivity contribution in [3.05, 3.63) is 29.8 Å². The Labute approximate surface area is 122 Å². The van der Waals surface area contributed by atoms with Gasteiger partial charge in [-0.15, -0.1) is 11.8 Å². The van der Waals surface area contributed by atoms with Crippen LogP contribution in [0.4, 0.5) is 4.79 Å². The van der Waals surface area contributed by atoms with E-state index in [1.165, 1.54) is 4.90 Å². The summed E-state index contributed by atoms with van der Waals surface area (Å²) >= 11 is 1.58. The van der Waals surface area contributed by atoms with Crippen LogP contribution in [0.1, 0.15) is 19.4 Å². The minimum absolute atomic E-state index is 0.0302. The van der Waals surface area contributed by atoms with Crippen molar-refractivity contribution >= 4 is 23.7 Å². The number of aliphatic hydroxyl groups is 1. The van der Waals surface area contributed by atoms with Gasteiger partial charge in [0.15, 0.2) is 0 Å². The second-order valence-electron chi connectivity index (χ2n) is 5.16. The van der Waals surface area contributed by atoms with Crippen LogP contribution in [-0.2, 0) is 11.4 Å². The van der Waals surface area contributed by atoms with Gasteiger partial charge in [0.05, 0.1) is 6.61 Å². The zero-order valence-electron chi connectivity index (χ0n) is 11.5. The molecule has 0 atom stereocenters. The lowest BCUT2D eigenvalue weighted by molar-refractivity contribution is -0.130. The van der Waals surface area contributed by atoms with Crippen LogP contribution in [0.3, 0.4) is 0 Å². The molecule has 0 unspecified atom stereocenters. The van der Waals surface area contributed by atoms with E-state index in [2.05, 4.69) is 5.32 Å². The summed E-state index contributed by atoms with van der Waals surface area (Å²) in [6.07, 6.45) is 0. The predicted molar refractivity (Wildman–Crippen MR) is 77.4 cm³/mol. The molecule has 20 heavy (non-hydrogen) atoms. The molecule has 0 bridgehead atoms. The van der Waals surface area contributed by atoms with Crippen molar-refractivity contribution in [2.24, 2.45) is 0 Å². The molecule has 3 amide bonds. The fraction of sp³-hybridized carbons (Fsp3) is 0.429. The first kappa shape index (κ1) is 14.9. The molecule has 5 nitrogen and oxygen atoms in total. The maximum Gasteiger partial charge on any atom is 0.325 e. The Bertz CT molecular complexity index is 514. The molecule has 1 aliphatic rings. The smallest absolute Gasteiger partial charge is 0.325 e. The van der Waals surface area contributed by atoms with Crippen LogP contribution in [0.2, 0.25) is 0 Å². The van der Waals surface area contributed by atoms with E-state index in [0.717, 1.165) is 10.5 Å². The second kappa shape index (κ2) is 5.85. The lowest BCUT2D eigenvalue weighted by atomic mass is 10.1. The minimum atomic E-state index is -0.801. The summed E-state index contributed by atoms with van der Waals surface area (Å²) in [5.41, 5.74) is 0.0649. The van der Waals surface area contributed by atoms with Crippen molar-refractivity contribution < 1.29 is 14.7 Å². The van der Waals surface area contributed by atoms with Crippen molar-refractivity contribution in [1.29, 1.82) is 0 Å². The third-order valence-corrected chi connectivity index (χ3v) is 4.13. The van der Waals surface area contributed by atoms with Crippen LogP contribution in [0.25, 0.3) is 0 Å². The van der Waals surface area contributed by atoms with Gasteiger partial charge in [-0.2, -0.15) is 0 Å². The van der Waals surface area contributed by atoms with E-state index in [1.54, 1.807) is 25.6 Å². The Balaban J connectivity index is 1.86. The van der Waals surface area contributed by atoms with Crippen molar-refractivity contribution in [3.63, 3.8) is 0 Å². The Morgan fingerprint density at radius 1 is 1.25 bits per heavy atom. The zero-order chi connectivity index (χ0) is 14.8. The number of thioether (sulfide) groups is 1. The largest absolute Gasteiger partial charge is 0.392 e. The molecule has 1 aromatic rings. The maximum absolute atomic E-state index is 12.0. The molecule has 0 spiro atoms. The normalized spacial score (nSPS) is 17.4. The Hall–Kier alpha value is -1.53. The molecule has 0 radical (unpaired) electrons. The molecule has 1 heterocycles. The Kier molecular flexibility index (Phi) is 4.35. The molecule has 1 saturated heterocycles. The van der Waals surface area contributed by atoms with E-state index >= 15 is 0 Å². The summed E-state index contributed by atoms with van der Waals surface area (Å²) in [7, 11) is 0. The quantitative estimate of drug-likeness (QED) is 0.639. The highest BCUT2D eigenvalue weighted by atomic mass is 32.2. The zero-order valence-corrected chi connectivity index (χ0v) is 12.4. The highest BCUT2D eigenvalue weighted by Gasteiger charge is 2.43. The number of benzene rings is 1. The van der Waals surface area contributed by atoms with Crippen molar-refractivity contribution in [1.82, 2.24) is 10.2 Å². The summed E-state index contributed by atoms with van der Waals surface area (Å²) in [5, 5.41) is 11.6. The first-order chi connectivity index (χ1) is 9.44. The standard InChI is InChI=1S/C14H18N2O3S/c1-14(2)12(18)16(13(19)15-14)7-8-20-11-5-3-10(9-17)4-6-11/h3-6,17H,7-9H2,1-2H3,(H,15,19). The van der Waals surface area contributed by atoms with E-state index < -0.39 is 5.54 Å². The summed E-state index contributed by atoms with van der Waals surface area (Å²) in [5.74, 6) is 0.465. The SMILES string of the molecule is CC1(C)NC(=O)N(CCSc2ccc(CO)cc2)C1=O. The first-order valence-electron chi connectivity index (χ1n) is 6.41. The number of aliphatic hydroxyl groups excluding tert-OH is 1. The lowest BCUT2D eigenvalue weighted by Gasteiger charge is -2.15. The number of amides is 3. The molecule has 1 fully saturated rings. The number of hydrogen-bond acceptors (Lipinski definition) is 4. The predicted octanol–water partition coefficient (Wildman–Crippen LogP) is 1.60. The van der Waals surface area contributed by atoms with Crippen LogP contribution in [-0.4, -0.2) is 39.8 Å². The summed E-state index contributed by atoms with van der Waals surface area (Å²) < 4.78 is 0. The highest BCUT2D eigenvalue weighted by molar-refractivity contribution is 7.99. The van der Waals surface area contributed by atoms with Gasteiger partial charge >= 0.3 is 6.03 Å². The molecule has 1 aliphatic heterocycles. The van der Waals surface area contributed by atoms with Gasteiger partial charge in [-0.25, -0.2) is 4.79 Å². The highest BCUT2D eigenvalue weighted by Crippen LogP contribution is 2.21. The van der Waals surface area contributed by atoms with Crippen LogP contribution < -0.4 is 5.32 Å². The van der Waals surface area contributed by atoms with Crippen molar-refractivity contribution in [2.75, 3.05) is 12.3 Å². The molecular weight excluding hydrogens is 276 g/mol. The number of carbonyl (C=O) groups excluding carboxylic acids is 2. The average Bonchev–Trinajstić information content (AvgIpc) is 2.61. The third-order valence-electron chi connectivity index (χ3n) is 3.13. The third kappa shape index (κ3) is 3.13. The van der Waals surface area contributed by atoms with Crippen molar-refractivity contribution in [3.8, 4) is 0 Å². The fourth-order valence-electron chi connectivity index (χ4n) is 1.97. The summed E-state index contributed by atoms with van der Waals surface area (Å²) in [6, 6.07) is 7.24. The second-order valence-corrected chi connectivity index (χ2v) is 6.33. The number of urea groups is 1. The number of hydrogen-bond donors (Lipinski definition) is 2. The van der Waals surface area contributed by atoms with Crippen LogP contribution >= 0.6 is 11.8 Å². The van der Waals surface area contributed by atoms with Crippen LogP contribution in [0.15, 0.2) is 29.2 Å². The van der Waals surface area contributed by atoms with Crippen LogP contribution in [0.5, 0.6) is 0 Å². The minimum Gasteiger partial charge on any atom is -0.392 e. The van der Waals surface area contributed by atoms with Crippen molar-refractivity contribution in [2.45, 2.75) is 30.9 Å². The molecule has 0 aliphatic carbocycles. The number of nitrogens with one attached hydrogen (secondary N) is 1. The molecule has 6 heteroatoms. The monoisotopic (exact) mass is 294 g/mol. The number of nitrogens with zero attached hydrogens (tertiary/aromatic N) is 1. The van der Waals surface area contributed by atoms with Gasteiger partial charge < -0.3 is 10.4 Å². The molecule has 0 saturated carbocycles. The molecule has 2 rings (SSSR count). The molecule has 0 aromatic heterocycles. The van der Waals surface area contributed by atoms with E-state index in [1.807, 2.05) is 24.3 Å². The Morgan fingerprint density at radius 3 is 2.40 bits per heavy atom. The molecule has 1 aromatic carbocycles. The molecule has 108 valence electrons. The topological polar surface area (TPSA) is 69.6 Å². The van der Waals surface area contributed by atoms with E-state index in [0.29, 0.717) is 12.3 Å². The van der Waals surface area contributed by atoms with E-state index in [9.17, 15) is 9.59 Å².